The lowest BCUT2D eigenvalue weighted by atomic mass is 10.1. The van der Waals surface area contributed by atoms with Crippen LogP contribution < -0.4 is 10.5 Å². The van der Waals surface area contributed by atoms with Crippen LogP contribution in [-0.2, 0) is 0 Å². The first kappa shape index (κ1) is 13.9. The molecular weight excluding hydrogens is 269 g/mol. The average molecular weight is 284 g/mol. The summed E-state index contributed by atoms with van der Waals surface area (Å²) in [7, 11) is 0. The van der Waals surface area contributed by atoms with Crippen LogP contribution >= 0.6 is 11.6 Å². The topological polar surface area (TPSA) is 48.4 Å². The first-order valence-corrected chi connectivity index (χ1v) is 6.29. The Morgan fingerprint density at radius 3 is 2.63 bits per heavy atom. The van der Waals surface area contributed by atoms with Gasteiger partial charge in [0.1, 0.15) is 11.5 Å². The molecule has 19 heavy (non-hydrogen) atoms. The van der Waals surface area contributed by atoms with E-state index in [9.17, 15) is 4.39 Å². The van der Waals surface area contributed by atoms with Crippen LogP contribution in [0.4, 0.5) is 4.39 Å². The number of benzene rings is 1. The van der Waals surface area contributed by atoms with Crippen LogP contribution in [0.2, 0.25) is 5.02 Å². The molecule has 2 unspecified atom stereocenters. The molecular formula is C14H15ClFNO2. The van der Waals surface area contributed by atoms with Crippen LogP contribution in [0.25, 0.3) is 0 Å². The van der Waals surface area contributed by atoms with E-state index in [0.717, 1.165) is 5.76 Å². The summed E-state index contributed by atoms with van der Waals surface area (Å²) < 4.78 is 24.9. The van der Waals surface area contributed by atoms with Crippen molar-refractivity contribution in [2.24, 2.45) is 5.73 Å². The maximum Gasteiger partial charge on any atom is 0.183 e. The van der Waals surface area contributed by atoms with E-state index in [4.69, 9.17) is 26.5 Å². The molecule has 0 saturated carbocycles. The summed E-state index contributed by atoms with van der Waals surface area (Å²) in [6.07, 6.45) is -0.568. The minimum atomic E-state index is -0.599. The van der Waals surface area contributed by atoms with Gasteiger partial charge in [-0.15, -0.1) is 0 Å². The zero-order valence-electron chi connectivity index (χ0n) is 10.7. The molecule has 2 rings (SSSR count). The SMILES string of the molecule is Cc1ccc(C(Oc2cccc(Cl)c2F)C(C)N)o1. The second-order valence-corrected chi connectivity index (χ2v) is 4.81. The van der Waals surface area contributed by atoms with Gasteiger partial charge in [-0.1, -0.05) is 17.7 Å². The van der Waals surface area contributed by atoms with Crippen molar-refractivity contribution in [2.45, 2.75) is 26.0 Å². The number of ether oxygens (including phenoxy) is 1. The summed E-state index contributed by atoms with van der Waals surface area (Å²) in [5.74, 6) is 0.768. The lowest BCUT2D eigenvalue weighted by molar-refractivity contribution is 0.145. The maximum absolute atomic E-state index is 13.8. The van der Waals surface area contributed by atoms with E-state index in [1.165, 1.54) is 12.1 Å². The predicted molar refractivity (Wildman–Crippen MR) is 71.9 cm³/mol. The molecule has 1 heterocycles. The van der Waals surface area contributed by atoms with Gasteiger partial charge in [-0.3, -0.25) is 0 Å². The number of hydrogen-bond acceptors (Lipinski definition) is 3. The van der Waals surface area contributed by atoms with Crippen molar-refractivity contribution < 1.29 is 13.5 Å². The number of halogens is 2. The Kier molecular flexibility index (Phi) is 4.12. The third-order valence-corrected chi connectivity index (χ3v) is 2.98. The van der Waals surface area contributed by atoms with Gasteiger partial charge in [0.05, 0.1) is 5.02 Å². The van der Waals surface area contributed by atoms with Gasteiger partial charge in [0.25, 0.3) is 0 Å². The highest BCUT2D eigenvalue weighted by atomic mass is 35.5. The summed E-state index contributed by atoms with van der Waals surface area (Å²) in [4.78, 5) is 0. The highest BCUT2D eigenvalue weighted by Crippen LogP contribution is 2.30. The fraction of sp³-hybridized carbons (Fsp3) is 0.286. The standard InChI is InChI=1S/C14H15ClFNO2/c1-8-6-7-12(18-8)14(9(2)17)19-11-5-3-4-10(15)13(11)16/h3-7,9,14H,17H2,1-2H3. The fourth-order valence-corrected chi connectivity index (χ4v) is 1.91. The summed E-state index contributed by atoms with van der Waals surface area (Å²) in [6, 6.07) is 7.80. The largest absolute Gasteiger partial charge is 0.478 e. The number of rotatable bonds is 4. The zero-order valence-corrected chi connectivity index (χ0v) is 11.4. The molecule has 0 aliphatic rings. The summed E-state index contributed by atoms with van der Waals surface area (Å²) in [5, 5.41) is 0.0107. The van der Waals surface area contributed by atoms with Crippen molar-refractivity contribution in [3.63, 3.8) is 0 Å². The Balaban J connectivity index is 2.29. The fourth-order valence-electron chi connectivity index (χ4n) is 1.74. The molecule has 0 amide bonds. The van der Waals surface area contributed by atoms with E-state index in [1.54, 1.807) is 19.1 Å². The Morgan fingerprint density at radius 2 is 2.05 bits per heavy atom. The van der Waals surface area contributed by atoms with Gasteiger partial charge in [0.15, 0.2) is 17.7 Å². The molecule has 0 aliphatic heterocycles. The van der Waals surface area contributed by atoms with Gasteiger partial charge < -0.3 is 14.9 Å². The third kappa shape index (κ3) is 3.08. The first-order chi connectivity index (χ1) is 8.99. The van der Waals surface area contributed by atoms with Crippen LogP contribution in [-0.4, -0.2) is 6.04 Å². The monoisotopic (exact) mass is 283 g/mol. The molecule has 0 aliphatic carbocycles. The molecule has 5 heteroatoms. The van der Waals surface area contributed by atoms with Crippen molar-refractivity contribution in [3.8, 4) is 5.75 Å². The van der Waals surface area contributed by atoms with Gasteiger partial charge in [0.2, 0.25) is 0 Å². The van der Waals surface area contributed by atoms with Gasteiger partial charge in [0, 0.05) is 6.04 Å². The van der Waals surface area contributed by atoms with Crippen molar-refractivity contribution in [1.82, 2.24) is 0 Å². The quantitative estimate of drug-likeness (QED) is 0.927. The van der Waals surface area contributed by atoms with E-state index in [-0.39, 0.29) is 16.8 Å². The molecule has 102 valence electrons. The summed E-state index contributed by atoms with van der Waals surface area (Å²) >= 11 is 5.72. The number of hydrogen-bond donors (Lipinski definition) is 1. The van der Waals surface area contributed by atoms with Crippen LogP contribution in [0.5, 0.6) is 5.75 Å². The molecule has 2 aromatic rings. The Hall–Kier alpha value is -1.52. The van der Waals surface area contributed by atoms with Crippen molar-refractivity contribution in [3.05, 3.63) is 52.7 Å². The summed E-state index contributed by atoms with van der Waals surface area (Å²) in [5.41, 5.74) is 5.87. The maximum atomic E-state index is 13.8. The highest BCUT2D eigenvalue weighted by Gasteiger charge is 2.23. The lowest BCUT2D eigenvalue weighted by Gasteiger charge is -2.21. The Bertz CT molecular complexity index is 568. The zero-order chi connectivity index (χ0) is 14.0. The van der Waals surface area contributed by atoms with Crippen molar-refractivity contribution in [2.75, 3.05) is 0 Å². The van der Waals surface area contributed by atoms with E-state index < -0.39 is 11.9 Å². The third-order valence-electron chi connectivity index (χ3n) is 2.69. The van der Waals surface area contributed by atoms with Gasteiger partial charge in [-0.25, -0.2) is 4.39 Å². The molecule has 0 bridgehead atoms. The lowest BCUT2D eigenvalue weighted by Crippen LogP contribution is -2.29. The average Bonchev–Trinajstić information content (AvgIpc) is 2.77. The normalized spacial score (nSPS) is 14.2. The number of aryl methyl sites for hydroxylation is 1. The van der Waals surface area contributed by atoms with E-state index in [1.807, 2.05) is 13.0 Å². The van der Waals surface area contributed by atoms with E-state index >= 15 is 0 Å². The van der Waals surface area contributed by atoms with Crippen LogP contribution in [0.3, 0.4) is 0 Å². The summed E-state index contributed by atoms with van der Waals surface area (Å²) in [6.45, 7) is 3.59. The minimum Gasteiger partial charge on any atom is -0.478 e. The number of nitrogens with two attached hydrogens (primary N) is 1. The predicted octanol–water partition coefficient (Wildman–Crippen LogP) is 3.85. The van der Waals surface area contributed by atoms with Crippen LogP contribution in [0.15, 0.2) is 34.7 Å². The second kappa shape index (κ2) is 5.63. The highest BCUT2D eigenvalue weighted by molar-refractivity contribution is 6.30. The van der Waals surface area contributed by atoms with Gasteiger partial charge >= 0.3 is 0 Å². The minimum absolute atomic E-state index is 0.0107. The van der Waals surface area contributed by atoms with Crippen LogP contribution in [0, 0.1) is 12.7 Å². The van der Waals surface area contributed by atoms with Gasteiger partial charge in [-0.05, 0) is 38.1 Å². The Morgan fingerprint density at radius 1 is 1.32 bits per heavy atom. The van der Waals surface area contributed by atoms with E-state index in [2.05, 4.69) is 0 Å². The molecule has 2 atom stereocenters. The molecule has 0 fully saturated rings. The number of furan rings is 1. The molecule has 1 aromatic heterocycles. The Labute approximate surface area is 116 Å². The van der Waals surface area contributed by atoms with Crippen molar-refractivity contribution in [1.29, 1.82) is 0 Å². The molecule has 0 radical (unpaired) electrons. The smallest absolute Gasteiger partial charge is 0.183 e. The molecule has 2 N–H and O–H groups in total. The first-order valence-electron chi connectivity index (χ1n) is 5.91. The van der Waals surface area contributed by atoms with Crippen LogP contribution in [0.1, 0.15) is 24.5 Å². The molecule has 1 aromatic carbocycles. The second-order valence-electron chi connectivity index (χ2n) is 4.40. The van der Waals surface area contributed by atoms with E-state index in [0.29, 0.717) is 5.76 Å². The molecule has 0 spiro atoms. The molecule has 3 nitrogen and oxygen atoms in total. The van der Waals surface area contributed by atoms with Crippen molar-refractivity contribution >= 4 is 11.6 Å². The van der Waals surface area contributed by atoms with Gasteiger partial charge in [-0.2, -0.15) is 0 Å². The molecule has 0 saturated heterocycles.